The summed E-state index contributed by atoms with van der Waals surface area (Å²) in [5.41, 5.74) is 4.42. The van der Waals surface area contributed by atoms with Crippen LogP contribution in [0.3, 0.4) is 0 Å². The van der Waals surface area contributed by atoms with Gasteiger partial charge in [-0.25, -0.2) is 4.79 Å². The van der Waals surface area contributed by atoms with Crippen LogP contribution in [0.4, 0.5) is 16.2 Å². The van der Waals surface area contributed by atoms with E-state index in [1.54, 1.807) is 4.90 Å². The molecule has 160 valence electrons. The predicted molar refractivity (Wildman–Crippen MR) is 121 cm³/mol. The number of carbonyl (C=O) groups is 2. The van der Waals surface area contributed by atoms with Crippen LogP contribution in [0.2, 0.25) is 0 Å². The van der Waals surface area contributed by atoms with E-state index in [9.17, 15) is 9.59 Å². The van der Waals surface area contributed by atoms with E-state index in [0.717, 1.165) is 37.3 Å². The highest BCUT2D eigenvalue weighted by Gasteiger charge is 2.39. The number of amides is 2. The van der Waals surface area contributed by atoms with Gasteiger partial charge in [-0.1, -0.05) is 24.3 Å². The minimum atomic E-state index is -0.247. The molecule has 1 N–H and O–H groups in total. The monoisotopic (exact) mass is 429 g/mol. The quantitative estimate of drug-likeness (QED) is 0.738. The van der Waals surface area contributed by atoms with E-state index in [1.165, 1.54) is 18.2 Å². The van der Waals surface area contributed by atoms with Gasteiger partial charge in [0.05, 0.1) is 13.2 Å². The van der Waals surface area contributed by atoms with Crippen molar-refractivity contribution in [2.75, 3.05) is 36.5 Å². The number of carbonyl (C=O) groups excluding carboxylic acids is 2. The number of halogens is 1. The van der Waals surface area contributed by atoms with Crippen LogP contribution in [0.5, 0.6) is 0 Å². The number of hydrogen-bond donors (Lipinski definition) is 1. The average molecular weight is 430 g/mol. The third kappa shape index (κ3) is 4.60. The molecule has 0 saturated carbocycles. The van der Waals surface area contributed by atoms with E-state index >= 15 is 0 Å². The number of urea groups is 1. The zero-order valence-corrected chi connectivity index (χ0v) is 18.0. The molecule has 7 heteroatoms. The molecule has 4 rings (SSSR count). The van der Waals surface area contributed by atoms with E-state index in [0.29, 0.717) is 19.4 Å². The smallest absolute Gasteiger partial charge is 0.329 e. The average Bonchev–Trinajstić information content (AvgIpc) is 2.92. The second-order valence-electron chi connectivity index (χ2n) is 7.57. The number of nitrogens with one attached hydrogen (secondary N) is 1. The van der Waals surface area contributed by atoms with Crippen molar-refractivity contribution in [2.45, 2.75) is 31.7 Å². The lowest BCUT2D eigenvalue weighted by molar-refractivity contribution is -0.140. The molecule has 2 aliphatic heterocycles. The van der Waals surface area contributed by atoms with Gasteiger partial charge in [0.2, 0.25) is 0 Å². The largest absolute Gasteiger partial charge is 0.469 e. The summed E-state index contributed by atoms with van der Waals surface area (Å²) in [6.45, 7) is 2.49. The van der Waals surface area contributed by atoms with Gasteiger partial charge in [0, 0.05) is 24.3 Å². The summed E-state index contributed by atoms with van der Waals surface area (Å²) in [7, 11) is 1.40. The third-order valence-corrected chi connectivity index (χ3v) is 5.78. The summed E-state index contributed by atoms with van der Waals surface area (Å²) in [5, 5.41) is 3.43. The maximum absolute atomic E-state index is 13.4. The zero-order chi connectivity index (χ0) is 20.2. The Morgan fingerprint density at radius 1 is 1.07 bits per heavy atom. The van der Waals surface area contributed by atoms with Gasteiger partial charge >= 0.3 is 12.0 Å². The summed E-state index contributed by atoms with van der Waals surface area (Å²) >= 11 is 0. The number of rotatable bonds is 5. The van der Waals surface area contributed by atoms with Crippen LogP contribution >= 0.6 is 12.4 Å². The fourth-order valence-electron chi connectivity index (χ4n) is 4.22. The number of nitrogens with zero attached hydrogens (tertiary/aromatic N) is 2. The summed E-state index contributed by atoms with van der Waals surface area (Å²) in [5.74, 6) is -0.247. The van der Waals surface area contributed by atoms with E-state index in [2.05, 4.69) is 17.4 Å². The number of hydrogen-bond acceptors (Lipinski definition) is 4. The number of para-hydroxylation sites is 1. The van der Waals surface area contributed by atoms with E-state index in [1.807, 2.05) is 41.3 Å². The van der Waals surface area contributed by atoms with Gasteiger partial charge in [-0.15, -0.1) is 12.4 Å². The van der Waals surface area contributed by atoms with Crippen LogP contribution in [0.15, 0.2) is 48.5 Å². The molecule has 2 aromatic carbocycles. The van der Waals surface area contributed by atoms with Gasteiger partial charge in [0.25, 0.3) is 0 Å². The molecule has 1 saturated heterocycles. The Kier molecular flexibility index (Phi) is 7.34. The van der Waals surface area contributed by atoms with Crippen molar-refractivity contribution in [1.29, 1.82) is 0 Å². The van der Waals surface area contributed by atoms with Crippen molar-refractivity contribution in [1.82, 2.24) is 5.32 Å². The first-order chi connectivity index (χ1) is 14.2. The van der Waals surface area contributed by atoms with Crippen molar-refractivity contribution in [3.63, 3.8) is 0 Å². The van der Waals surface area contributed by atoms with Crippen molar-refractivity contribution in [2.24, 2.45) is 0 Å². The molecule has 2 heterocycles. The van der Waals surface area contributed by atoms with Crippen molar-refractivity contribution in [3.8, 4) is 0 Å². The van der Waals surface area contributed by atoms with Crippen molar-refractivity contribution in [3.05, 3.63) is 59.7 Å². The lowest BCUT2D eigenvalue weighted by Gasteiger charge is -2.24. The Labute approximate surface area is 183 Å². The molecule has 2 aliphatic rings. The van der Waals surface area contributed by atoms with Gasteiger partial charge < -0.3 is 10.1 Å². The van der Waals surface area contributed by atoms with Crippen LogP contribution in [0, 0.1) is 0 Å². The van der Waals surface area contributed by atoms with Crippen molar-refractivity contribution >= 4 is 35.8 Å². The van der Waals surface area contributed by atoms with Crippen LogP contribution in [-0.4, -0.2) is 44.8 Å². The second-order valence-corrected chi connectivity index (χ2v) is 7.57. The van der Waals surface area contributed by atoms with E-state index < -0.39 is 0 Å². The molecule has 30 heavy (non-hydrogen) atoms. The van der Waals surface area contributed by atoms with Gasteiger partial charge in [0.1, 0.15) is 0 Å². The van der Waals surface area contributed by atoms with Crippen LogP contribution < -0.4 is 15.1 Å². The molecular formula is C23H28ClN3O3. The first-order valence-electron chi connectivity index (χ1n) is 10.2. The topological polar surface area (TPSA) is 61.9 Å². The standard InChI is InChI=1S/C23H27N3O3.ClH/c1-29-22(27)10-9-21-16-25(19-5-3-2-4-6-19)23(28)26(21)20-8-7-17-11-13-24-14-12-18(17)15-20;/h2-8,15,21,24H,9-14,16H2,1H3;1H. The SMILES string of the molecule is COC(=O)CCC1CN(c2ccccc2)C(=O)N1c1ccc2c(c1)CCNCC2.Cl. The zero-order valence-electron chi connectivity index (χ0n) is 17.2. The van der Waals surface area contributed by atoms with Crippen LogP contribution in [-0.2, 0) is 22.4 Å². The molecule has 0 bridgehead atoms. The van der Waals surface area contributed by atoms with Gasteiger partial charge in [-0.2, -0.15) is 0 Å². The summed E-state index contributed by atoms with van der Waals surface area (Å²) in [6, 6.07) is 15.9. The fourth-order valence-corrected chi connectivity index (χ4v) is 4.22. The molecule has 0 spiro atoms. The number of ether oxygens (including phenoxy) is 1. The number of anilines is 2. The van der Waals surface area contributed by atoms with Gasteiger partial charge in [-0.05, 0) is 67.7 Å². The maximum Gasteiger partial charge on any atom is 0.329 e. The van der Waals surface area contributed by atoms with Gasteiger partial charge in [0.15, 0.2) is 0 Å². The normalized spacial score (nSPS) is 18.4. The lowest BCUT2D eigenvalue weighted by atomic mass is 10.0. The third-order valence-electron chi connectivity index (χ3n) is 5.78. The highest BCUT2D eigenvalue weighted by atomic mass is 35.5. The molecule has 1 atom stereocenters. The molecule has 6 nitrogen and oxygen atoms in total. The summed E-state index contributed by atoms with van der Waals surface area (Å²) in [6.07, 6.45) is 2.83. The number of fused-ring (bicyclic) bond motifs is 1. The highest BCUT2D eigenvalue weighted by molar-refractivity contribution is 6.07. The first-order valence-corrected chi connectivity index (χ1v) is 10.2. The minimum absolute atomic E-state index is 0. The summed E-state index contributed by atoms with van der Waals surface area (Å²) < 4.78 is 4.81. The number of esters is 1. The Morgan fingerprint density at radius 2 is 1.80 bits per heavy atom. The van der Waals surface area contributed by atoms with E-state index in [-0.39, 0.29) is 30.4 Å². The minimum Gasteiger partial charge on any atom is -0.469 e. The van der Waals surface area contributed by atoms with Crippen molar-refractivity contribution < 1.29 is 14.3 Å². The number of benzene rings is 2. The Bertz CT molecular complexity index is 891. The Hall–Kier alpha value is -2.57. The molecule has 0 aliphatic carbocycles. The predicted octanol–water partition coefficient (Wildman–Crippen LogP) is 3.57. The van der Waals surface area contributed by atoms with Gasteiger partial charge in [-0.3, -0.25) is 14.6 Å². The van der Waals surface area contributed by atoms with Crippen LogP contribution in [0.25, 0.3) is 0 Å². The van der Waals surface area contributed by atoms with Crippen LogP contribution in [0.1, 0.15) is 24.0 Å². The molecule has 0 radical (unpaired) electrons. The Morgan fingerprint density at radius 3 is 2.53 bits per heavy atom. The maximum atomic E-state index is 13.4. The fraction of sp³-hybridized carbons (Fsp3) is 0.391. The molecule has 2 aromatic rings. The first kappa shape index (κ1) is 22.1. The highest BCUT2D eigenvalue weighted by Crippen LogP contribution is 2.32. The second kappa shape index (κ2) is 9.96. The summed E-state index contributed by atoms with van der Waals surface area (Å²) in [4.78, 5) is 28.8. The lowest BCUT2D eigenvalue weighted by Crippen LogP contribution is -2.35. The molecule has 1 unspecified atom stereocenters. The molecule has 0 aromatic heterocycles. The molecule has 2 amide bonds. The Balaban J connectivity index is 0.00000256. The van der Waals surface area contributed by atoms with E-state index in [4.69, 9.17) is 4.74 Å². The molecule has 1 fully saturated rings. The number of methoxy groups -OCH3 is 1. The molecular weight excluding hydrogens is 402 g/mol.